The van der Waals surface area contributed by atoms with Gasteiger partial charge in [0.1, 0.15) is 5.75 Å². The fourth-order valence-electron chi connectivity index (χ4n) is 2.71. The number of methoxy groups -OCH3 is 1. The van der Waals surface area contributed by atoms with Gasteiger partial charge >= 0.3 is 0 Å². The Labute approximate surface area is 163 Å². The maximum Gasteiger partial charge on any atom is 0.262 e. The fourth-order valence-corrected chi connectivity index (χ4v) is 4.27. The topological polar surface area (TPSA) is 73.2 Å². The van der Waals surface area contributed by atoms with Gasteiger partial charge in [-0.3, -0.25) is 9.40 Å². The van der Waals surface area contributed by atoms with Gasteiger partial charge in [0.25, 0.3) is 10.0 Å². The Balaban J connectivity index is 1.79. The van der Waals surface area contributed by atoms with Crippen LogP contribution in [0.4, 0.5) is 5.69 Å². The largest absolute Gasteiger partial charge is 0.497 e. The minimum atomic E-state index is -3.74. The lowest BCUT2D eigenvalue weighted by Gasteiger charge is -2.11. The standard InChI is InChI=1S/C19H20ClN3O3S/c1-13-8-19(14(2)7-18(13)20)27(24,25)22-16-10-21-23(12-16)11-15-5-4-6-17(9-15)26-3/h4-10,12,22H,11H2,1-3H3. The van der Waals surface area contributed by atoms with E-state index in [1.165, 1.54) is 6.20 Å². The molecule has 1 aromatic heterocycles. The van der Waals surface area contributed by atoms with Crippen molar-refractivity contribution in [2.75, 3.05) is 11.8 Å². The zero-order chi connectivity index (χ0) is 19.6. The van der Waals surface area contributed by atoms with E-state index in [2.05, 4.69) is 9.82 Å². The molecule has 0 fully saturated rings. The number of hydrogen-bond acceptors (Lipinski definition) is 4. The molecule has 0 aliphatic rings. The van der Waals surface area contributed by atoms with Gasteiger partial charge in [0.05, 0.1) is 30.4 Å². The van der Waals surface area contributed by atoms with Crippen molar-refractivity contribution < 1.29 is 13.2 Å². The second-order valence-electron chi connectivity index (χ2n) is 6.25. The van der Waals surface area contributed by atoms with Gasteiger partial charge in [0, 0.05) is 11.2 Å². The van der Waals surface area contributed by atoms with Crippen LogP contribution in [0.2, 0.25) is 5.02 Å². The SMILES string of the molecule is COc1cccc(Cn2cc(NS(=O)(=O)c3cc(C)c(Cl)cc3C)cn2)c1. The van der Waals surface area contributed by atoms with Gasteiger partial charge in [-0.05, 0) is 54.8 Å². The van der Waals surface area contributed by atoms with Crippen LogP contribution in [0.3, 0.4) is 0 Å². The molecule has 8 heteroatoms. The van der Waals surface area contributed by atoms with Gasteiger partial charge in [0.2, 0.25) is 0 Å². The number of nitrogens with zero attached hydrogens (tertiary/aromatic N) is 2. The van der Waals surface area contributed by atoms with E-state index in [9.17, 15) is 8.42 Å². The number of hydrogen-bond donors (Lipinski definition) is 1. The summed E-state index contributed by atoms with van der Waals surface area (Å²) in [6.07, 6.45) is 3.13. The number of aryl methyl sites for hydroxylation is 2. The number of ether oxygens (including phenoxy) is 1. The Morgan fingerprint density at radius 2 is 1.96 bits per heavy atom. The van der Waals surface area contributed by atoms with Crippen LogP contribution in [-0.2, 0) is 16.6 Å². The first kappa shape index (κ1) is 19.3. The molecule has 0 saturated carbocycles. The molecule has 6 nitrogen and oxygen atoms in total. The van der Waals surface area contributed by atoms with E-state index < -0.39 is 10.0 Å². The molecule has 0 atom stereocenters. The molecule has 0 spiro atoms. The van der Waals surface area contributed by atoms with Crippen LogP contribution in [0.1, 0.15) is 16.7 Å². The fraction of sp³-hybridized carbons (Fsp3) is 0.211. The van der Waals surface area contributed by atoms with Crippen LogP contribution in [0, 0.1) is 13.8 Å². The highest BCUT2D eigenvalue weighted by atomic mass is 35.5. The lowest BCUT2D eigenvalue weighted by atomic mass is 10.2. The van der Waals surface area contributed by atoms with Crippen LogP contribution >= 0.6 is 11.6 Å². The van der Waals surface area contributed by atoms with Crippen LogP contribution in [-0.4, -0.2) is 25.3 Å². The molecule has 0 radical (unpaired) electrons. The molecule has 2 aromatic carbocycles. The summed E-state index contributed by atoms with van der Waals surface area (Å²) in [6, 6.07) is 10.8. The quantitative estimate of drug-likeness (QED) is 0.672. The molecule has 1 heterocycles. The van der Waals surface area contributed by atoms with E-state index in [4.69, 9.17) is 16.3 Å². The Bertz CT molecular complexity index is 1080. The summed E-state index contributed by atoms with van der Waals surface area (Å²) in [5, 5.41) is 4.77. The van der Waals surface area contributed by atoms with E-state index in [-0.39, 0.29) is 4.90 Å². The number of rotatable bonds is 6. The summed E-state index contributed by atoms with van der Waals surface area (Å²) < 4.78 is 34.9. The zero-order valence-electron chi connectivity index (χ0n) is 15.2. The molecule has 0 unspecified atom stereocenters. The van der Waals surface area contributed by atoms with Crippen molar-refractivity contribution in [1.82, 2.24) is 9.78 Å². The monoisotopic (exact) mass is 405 g/mol. The minimum absolute atomic E-state index is 0.199. The van der Waals surface area contributed by atoms with Gasteiger partial charge in [-0.2, -0.15) is 5.10 Å². The summed E-state index contributed by atoms with van der Waals surface area (Å²) in [5.41, 5.74) is 2.68. The maximum absolute atomic E-state index is 12.7. The van der Waals surface area contributed by atoms with E-state index >= 15 is 0 Å². The molecule has 0 saturated heterocycles. The summed E-state index contributed by atoms with van der Waals surface area (Å²) in [7, 11) is -2.12. The van der Waals surface area contributed by atoms with Crippen molar-refractivity contribution in [3.63, 3.8) is 0 Å². The molecule has 27 heavy (non-hydrogen) atoms. The third-order valence-electron chi connectivity index (χ3n) is 4.11. The van der Waals surface area contributed by atoms with Crippen molar-refractivity contribution in [3.8, 4) is 5.75 Å². The first-order valence-electron chi connectivity index (χ1n) is 8.23. The van der Waals surface area contributed by atoms with Crippen LogP contribution in [0.25, 0.3) is 0 Å². The molecule has 3 rings (SSSR count). The van der Waals surface area contributed by atoms with E-state index in [0.29, 0.717) is 28.4 Å². The van der Waals surface area contributed by atoms with Gasteiger partial charge in [-0.1, -0.05) is 23.7 Å². The van der Waals surface area contributed by atoms with Crippen LogP contribution in [0.15, 0.2) is 53.7 Å². The Kier molecular flexibility index (Phi) is 5.43. The van der Waals surface area contributed by atoms with Crippen LogP contribution < -0.4 is 9.46 Å². The van der Waals surface area contributed by atoms with Crippen molar-refractivity contribution in [2.45, 2.75) is 25.3 Å². The number of sulfonamides is 1. The number of halogens is 1. The molecule has 3 aromatic rings. The van der Waals surface area contributed by atoms with Gasteiger partial charge in [-0.25, -0.2) is 8.42 Å². The maximum atomic E-state index is 12.7. The smallest absolute Gasteiger partial charge is 0.262 e. The second kappa shape index (κ2) is 7.62. The second-order valence-corrected chi connectivity index (χ2v) is 8.31. The molecule has 0 amide bonds. The van der Waals surface area contributed by atoms with Crippen molar-refractivity contribution in [2.24, 2.45) is 0 Å². The van der Waals surface area contributed by atoms with Gasteiger partial charge < -0.3 is 4.74 Å². The van der Waals surface area contributed by atoms with E-state index in [0.717, 1.165) is 11.3 Å². The zero-order valence-corrected chi connectivity index (χ0v) is 16.8. The average molecular weight is 406 g/mol. The Morgan fingerprint density at radius 1 is 1.19 bits per heavy atom. The summed E-state index contributed by atoms with van der Waals surface area (Å²) in [5.74, 6) is 0.758. The molecule has 142 valence electrons. The molecule has 0 aliphatic carbocycles. The number of nitrogens with one attached hydrogen (secondary N) is 1. The number of aromatic nitrogens is 2. The molecular formula is C19H20ClN3O3S. The summed E-state index contributed by atoms with van der Waals surface area (Å²) in [4.78, 5) is 0.199. The molecular weight excluding hydrogens is 386 g/mol. The third kappa shape index (κ3) is 4.43. The molecule has 0 bridgehead atoms. The molecule has 1 N–H and O–H groups in total. The summed E-state index contributed by atoms with van der Waals surface area (Å²) >= 11 is 6.06. The number of benzene rings is 2. The van der Waals surface area contributed by atoms with Crippen LogP contribution in [0.5, 0.6) is 5.75 Å². The average Bonchev–Trinajstić information content (AvgIpc) is 3.04. The minimum Gasteiger partial charge on any atom is -0.497 e. The highest BCUT2D eigenvalue weighted by Gasteiger charge is 2.19. The van der Waals surface area contributed by atoms with Gasteiger partial charge in [-0.15, -0.1) is 0 Å². The van der Waals surface area contributed by atoms with E-state index in [1.807, 2.05) is 24.3 Å². The summed E-state index contributed by atoms with van der Waals surface area (Å²) in [6.45, 7) is 3.98. The van der Waals surface area contributed by atoms with E-state index in [1.54, 1.807) is 44.0 Å². The third-order valence-corrected chi connectivity index (χ3v) is 6.04. The predicted octanol–water partition coefficient (Wildman–Crippen LogP) is 4.01. The number of anilines is 1. The highest BCUT2D eigenvalue weighted by Crippen LogP contribution is 2.25. The van der Waals surface area contributed by atoms with Crippen molar-refractivity contribution in [3.05, 3.63) is 70.5 Å². The normalized spacial score (nSPS) is 11.4. The molecule has 0 aliphatic heterocycles. The lowest BCUT2D eigenvalue weighted by Crippen LogP contribution is -2.14. The Hall–Kier alpha value is -2.51. The lowest BCUT2D eigenvalue weighted by molar-refractivity contribution is 0.414. The van der Waals surface area contributed by atoms with Crippen molar-refractivity contribution >= 4 is 27.3 Å². The van der Waals surface area contributed by atoms with Gasteiger partial charge in [0.15, 0.2) is 0 Å². The Morgan fingerprint density at radius 3 is 2.70 bits per heavy atom. The predicted molar refractivity (Wildman–Crippen MR) is 106 cm³/mol. The first-order chi connectivity index (χ1) is 12.8. The van der Waals surface area contributed by atoms with Crippen molar-refractivity contribution in [1.29, 1.82) is 0 Å². The first-order valence-corrected chi connectivity index (χ1v) is 10.1. The highest BCUT2D eigenvalue weighted by molar-refractivity contribution is 7.92.